The third-order valence-electron chi connectivity index (χ3n) is 5.77. The lowest BCUT2D eigenvalue weighted by molar-refractivity contribution is -0.305. The summed E-state index contributed by atoms with van der Waals surface area (Å²) in [4.78, 5) is 11.9. The maximum absolute atomic E-state index is 11.9. The summed E-state index contributed by atoms with van der Waals surface area (Å²) in [5.41, 5.74) is 0. The molecule has 1 aliphatic rings. The molecule has 5 N–H and O–H groups in total. The van der Waals surface area contributed by atoms with Crippen molar-refractivity contribution in [2.45, 2.75) is 108 Å². The zero-order chi connectivity index (χ0) is 26.6. The van der Waals surface area contributed by atoms with Gasteiger partial charge >= 0.3 is 5.97 Å². The zero-order valence-corrected chi connectivity index (χ0v) is 21.5. The summed E-state index contributed by atoms with van der Waals surface area (Å²) < 4.78 is 15.5. The maximum atomic E-state index is 11.9. The molecular formula is C27H46O9. The minimum absolute atomic E-state index is 0.271. The van der Waals surface area contributed by atoms with Crippen LogP contribution < -0.4 is 0 Å². The fourth-order valence-corrected chi connectivity index (χ4v) is 3.61. The summed E-state index contributed by atoms with van der Waals surface area (Å²) in [6.07, 6.45) is 14.3. The average molecular weight is 515 g/mol. The molecule has 0 unspecified atom stereocenters. The van der Waals surface area contributed by atoms with Gasteiger partial charge in [-0.2, -0.15) is 0 Å². The Hall–Kier alpha value is -1.59. The van der Waals surface area contributed by atoms with E-state index >= 15 is 0 Å². The van der Waals surface area contributed by atoms with Gasteiger partial charge in [-0.05, 0) is 38.5 Å². The molecule has 1 saturated heterocycles. The third kappa shape index (κ3) is 14.2. The number of carbonyl (C=O) groups is 1. The molecular weight excluding hydrogens is 468 g/mol. The van der Waals surface area contributed by atoms with Crippen LogP contribution in [0.5, 0.6) is 0 Å². The number of esters is 1. The Kier molecular flexibility index (Phi) is 18.4. The van der Waals surface area contributed by atoms with Crippen LogP contribution in [0.4, 0.5) is 0 Å². The van der Waals surface area contributed by atoms with Gasteiger partial charge in [0.15, 0.2) is 6.29 Å². The zero-order valence-electron chi connectivity index (χ0n) is 21.5. The van der Waals surface area contributed by atoms with E-state index in [9.17, 15) is 25.2 Å². The Balaban J connectivity index is 2.02. The van der Waals surface area contributed by atoms with Crippen LogP contribution in [-0.2, 0) is 19.0 Å². The topological polar surface area (TPSA) is 146 Å². The van der Waals surface area contributed by atoms with E-state index in [2.05, 4.69) is 43.4 Å². The Morgan fingerprint density at radius 3 is 2.19 bits per heavy atom. The van der Waals surface area contributed by atoms with Gasteiger partial charge in [-0.1, -0.05) is 62.6 Å². The van der Waals surface area contributed by atoms with Gasteiger partial charge in [0.05, 0.1) is 13.2 Å². The first-order valence-electron chi connectivity index (χ1n) is 13.1. The van der Waals surface area contributed by atoms with E-state index in [1.54, 1.807) is 0 Å². The van der Waals surface area contributed by atoms with Crippen molar-refractivity contribution in [3.05, 3.63) is 36.5 Å². The Labute approximate surface area is 215 Å². The molecule has 0 spiro atoms. The van der Waals surface area contributed by atoms with Crippen molar-refractivity contribution < 1.29 is 44.5 Å². The largest absolute Gasteiger partial charge is 0.463 e. The summed E-state index contributed by atoms with van der Waals surface area (Å²) in [5.74, 6) is -0.400. The van der Waals surface area contributed by atoms with Crippen molar-refractivity contribution >= 4 is 5.97 Å². The summed E-state index contributed by atoms with van der Waals surface area (Å²) >= 11 is 0. The van der Waals surface area contributed by atoms with Gasteiger partial charge in [-0.25, -0.2) is 0 Å². The molecule has 0 saturated carbocycles. The summed E-state index contributed by atoms with van der Waals surface area (Å²) in [6.45, 7) is 0.964. The first-order chi connectivity index (χ1) is 17.4. The molecule has 1 aliphatic heterocycles. The van der Waals surface area contributed by atoms with E-state index < -0.39 is 49.4 Å². The number of allylic oxidation sites excluding steroid dienone is 6. The average Bonchev–Trinajstić information content (AvgIpc) is 2.88. The van der Waals surface area contributed by atoms with E-state index in [0.717, 1.165) is 57.8 Å². The molecule has 208 valence electrons. The van der Waals surface area contributed by atoms with Crippen LogP contribution in [-0.4, -0.2) is 88.1 Å². The number of ether oxygens (including phenoxy) is 3. The van der Waals surface area contributed by atoms with Crippen molar-refractivity contribution in [1.82, 2.24) is 0 Å². The van der Waals surface area contributed by atoms with Crippen LogP contribution in [0.15, 0.2) is 36.5 Å². The Morgan fingerprint density at radius 1 is 0.861 bits per heavy atom. The van der Waals surface area contributed by atoms with Gasteiger partial charge in [0, 0.05) is 6.42 Å². The quantitative estimate of drug-likeness (QED) is 0.0995. The monoisotopic (exact) mass is 514 g/mol. The highest BCUT2D eigenvalue weighted by atomic mass is 16.7. The van der Waals surface area contributed by atoms with Crippen LogP contribution in [0, 0.1) is 0 Å². The first-order valence-corrected chi connectivity index (χ1v) is 13.1. The lowest BCUT2D eigenvalue weighted by Crippen LogP contribution is -2.59. The Morgan fingerprint density at radius 2 is 1.50 bits per heavy atom. The minimum atomic E-state index is -1.56. The highest BCUT2D eigenvalue weighted by Gasteiger charge is 2.44. The third-order valence-corrected chi connectivity index (χ3v) is 5.77. The molecule has 1 fully saturated rings. The second kappa shape index (κ2) is 20.5. The van der Waals surface area contributed by atoms with E-state index in [1.165, 1.54) is 0 Å². The predicted octanol–water partition coefficient (Wildman–Crippen LogP) is 2.30. The summed E-state index contributed by atoms with van der Waals surface area (Å²) in [6, 6.07) is 0. The highest BCUT2D eigenvalue weighted by Crippen LogP contribution is 2.22. The van der Waals surface area contributed by atoms with Crippen molar-refractivity contribution in [2.75, 3.05) is 19.8 Å². The van der Waals surface area contributed by atoms with E-state index in [0.29, 0.717) is 0 Å². The number of hydrogen-bond acceptors (Lipinski definition) is 9. The molecule has 6 atom stereocenters. The van der Waals surface area contributed by atoms with Crippen molar-refractivity contribution in [3.8, 4) is 0 Å². The number of aliphatic hydroxyl groups excluding tert-OH is 5. The molecule has 9 heteroatoms. The maximum Gasteiger partial charge on any atom is 0.305 e. The molecule has 9 nitrogen and oxygen atoms in total. The molecule has 0 bridgehead atoms. The van der Waals surface area contributed by atoms with Gasteiger partial charge in [0.25, 0.3) is 0 Å². The van der Waals surface area contributed by atoms with Gasteiger partial charge in [-0.3, -0.25) is 4.79 Å². The standard InChI is InChI=1S/C27H46O9/c1-2-3-4-5-6-7-8-9-10-11-12-13-14-15-16-17-23(30)34-19-21(29)20-35-27-26(33)25(32)24(31)22(18-28)36-27/h3-4,6-7,9-10,21-22,24-29,31-33H,2,5,8,11-20H2,1H3/b4-3-,7-6-,10-9-/t21-,22-,24+,25+,26+,27+/m0/s1. The lowest BCUT2D eigenvalue weighted by atomic mass is 9.99. The SMILES string of the molecule is CC/C=C\C/C=C\C/C=C\CCCCCCCC(=O)OC[C@H](O)CO[C@@H]1O[C@@H](CO)[C@@H](O)[C@@H](O)[C@H]1O. The van der Waals surface area contributed by atoms with E-state index in [-0.39, 0.29) is 19.6 Å². The second-order valence-corrected chi connectivity index (χ2v) is 8.97. The normalized spacial score (nSPS) is 25.8. The Bertz CT molecular complexity index is 647. The van der Waals surface area contributed by atoms with Crippen LogP contribution in [0.25, 0.3) is 0 Å². The first kappa shape index (κ1) is 32.4. The summed E-state index contributed by atoms with van der Waals surface area (Å²) in [5, 5.41) is 48.5. The molecule has 1 heterocycles. The fraction of sp³-hybridized carbons (Fsp3) is 0.741. The van der Waals surface area contributed by atoms with Gasteiger partial charge in [0.2, 0.25) is 0 Å². The predicted molar refractivity (Wildman–Crippen MR) is 136 cm³/mol. The lowest BCUT2D eigenvalue weighted by Gasteiger charge is -2.39. The summed E-state index contributed by atoms with van der Waals surface area (Å²) in [7, 11) is 0. The van der Waals surface area contributed by atoms with Gasteiger partial charge in [0.1, 0.15) is 37.1 Å². The number of unbranched alkanes of at least 4 members (excludes halogenated alkanes) is 5. The molecule has 0 aromatic rings. The number of rotatable bonds is 19. The molecule has 0 aromatic carbocycles. The van der Waals surface area contributed by atoms with Gasteiger partial charge in [-0.15, -0.1) is 0 Å². The van der Waals surface area contributed by atoms with Crippen LogP contribution in [0.3, 0.4) is 0 Å². The van der Waals surface area contributed by atoms with Crippen LogP contribution in [0.1, 0.15) is 71.1 Å². The van der Waals surface area contributed by atoms with Crippen LogP contribution in [0.2, 0.25) is 0 Å². The number of carbonyl (C=O) groups excluding carboxylic acids is 1. The van der Waals surface area contributed by atoms with Crippen molar-refractivity contribution in [3.63, 3.8) is 0 Å². The molecule has 1 rings (SSSR count). The molecule has 36 heavy (non-hydrogen) atoms. The van der Waals surface area contributed by atoms with E-state index in [1.807, 2.05) is 0 Å². The van der Waals surface area contributed by atoms with Crippen LogP contribution >= 0.6 is 0 Å². The molecule has 0 amide bonds. The van der Waals surface area contributed by atoms with Crippen molar-refractivity contribution in [1.29, 1.82) is 0 Å². The molecule has 0 aliphatic carbocycles. The molecule has 0 radical (unpaired) electrons. The minimum Gasteiger partial charge on any atom is -0.463 e. The van der Waals surface area contributed by atoms with Gasteiger partial charge < -0.3 is 39.7 Å². The fourth-order valence-electron chi connectivity index (χ4n) is 3.61. The highest BCUT2D eigenvalue weighted by molar-refractivity contribution is 5.69. The smallest absolute Gasteiger partial charge is 0.305 e. The second-order valence-electron chi connectivity index (χ2n) is 8.97. The van der Waals surface area contributed by atoms with E-state index in [4.69, 9.17) is 19.3 Å². The van der Waals surface area contributed by atoms with Crippen molar-refractivity contribution in [2.24, 2.45) is 0 Å². The number of aliphatic hydroxyl groups is 5. The molecule has 0 aromatic heterocycles. The number of hydrogen-bond donors (Lipinski definition) is 5.